The maximum atomic E-state index is 15.0. The van der Waals surface area contributed by atoms with Crippen molar-refractivity contribution >= 4 is 17.6 Å². The average Bonchev–Trinajstić information content (AvgIpc) is 3.03. The van der Waals surface area contributed by atoms with Crippen molar-refractivity contribution in [3.63, 3.8) is 0 Å². The number of piperidine rings is 2. The maximum Gasteiger partial charge on any atom is 0.573 e. The number of carbonyl (C=O) groups excluding carboxylic acids is 3. The van der Waals surface area contributed by atoms with Crippen molar-refractivity contribution in [1.82, 2.24) is 20.1 Å². The molecule has 2 aliphatic rings. The molecule has 5 rings (SSSR count). The van der Waals surface area contributed by atoms with E-state index in [4.69, 9.17) is 4.74 Å². The quantitative estimate of drug-likeness (QED) is 0.253. The van der Waals surface area contributed by atoms with Crippen molar-refractivity contribution in [3.05, 3.63) is 89.2 Å². The van der Waals surface area contributed by atoms with Crippen LogP contribution in [0.25, 0.3) is 0 Å². The standard InChI is InChI=1S/C33H34F4N4O5/c1-21(42)23-4-9-25(10-5-23)45-26-12-16-41(17-13-26)32(44)30-11-6-24(18-38-30)31(43)39-29-14-15-40(20-28(29)34)19-22-2-7-27(8-3-22)46-33(35,36)37/h2-11,18,26,28-29H,12-17,19-20H2,1H3,(H,39,43). The van der Waals surface area contributed by atoms with Gasteiger partial charge in [0.1, 0.15) is 29.5 Å². The minimum Gasteiger partial charge on any atom is -0.490 e. The van der Waals surface area contributed by atoms with E-state index in [1.165, 1.54) is 49.5 Å². The van der Waals surface area contributed by atoms with Gasteiger partial charge in [0.05, 0.1) is 11.6 Å². The molecule has 2 aliphatic heterocycles. The minimum atomic E-state index is -4.77. The molecule has 3 aromatic rings. The van der Waals surface area contributed by atoms with Crippen molar-refractivity contribution in [2.75, 3.05) is 26.2 Å². The maximum absolute atomic E-state index is 15.0. The molecule has 244 valence electrons. The van der Waals surface area contributed by atoms with Gasteiger partial charge in [-0.1, -0.05) is 12.1 Å². The Labute approximate surface area is 263 Å². The summed E-state index contributed by atoms with van der Waals surface area (Å²) in [6.45, 7) is 3.33. The van der Waals surface area contributed by atoms with Crippen LogP contribution < -0.4 is 14.8 Å². The van der Waals surface area contributed by atoms with E-state index in [0.29, 0.717) is 62.3 Å². The summed E-state index contributed by atoms with van der Waals surface area (Å²) in [5, 5.41) is 2.71. The highest BCUT2D eigenvalue weighted by Gasteiger charge is 2.32. The number of hydrogen-bond acceptors (Lipinski definition) is 7. The lowest BCUT2D eigenvalue weighted by Gasteiger charge is -2.35. The third-order valence-corrected chi connectivity index (χ3v) is 8.04. The molecule has 0 bridgehead atoms. The Kier molecular flexibility index (Phi) is 10.2. The number of likely N-dealkylation sites (tertiary alicyclic amines) is 2. The fourth-order valence-corrected chi connectivity index (χ4v) is 5.53. The topological polar surface area (TPSA) is 101 Å². The van der Waals surface area contributed by atoms with Gasteiger partial charge in [0.2, 0.25) is 0 Å². The Morgan fingerprint density at radius 1 is 0.891 bits per heavy atom. The zero-order valence-electron chi connectivity index (χ0n) is 25.1. The number of Topliss-reactive ketones (excluding diaryl/α,β-unsaturated/α-hetero) is 1. The van der Waals surface area contributed by atoms with Crippen LogP contribution in [-0.2, 0) is 6.54 Å². The average molecular weight is 643 g/mol. The molecule has 2 unspecified atom stereocenters. The van der Waals surface area contributed by atoms with E-state index in [-0.39, 0.29) is 41.3 Å². The molecule has 2 atom stereocenters. The van der Waals surface area contributed by atoms with Gasteiger partial charge in [-0.05, 0) is 67.4 Å². The van der Waals surface area contributed by atoms with Gasteiger partial charge in [0, 0.05) is 57.3 Å². The first-order chi connectivity index (χ1) is 21.9. The summed E-state index contributed by atoms with van der Waals surface area (Å²) >= 11 is 0. The monoisotopic (exact) mass is 642 g/mol. The lowest BCUT2D eigenvalue weighted by atomic mass is 10.0. The van der Waals surface area contributed by atoms with Crippen molar-refractivity contribution in [2.45, 2.75) is 57.4 Å². The fraction of sp³-hybridized carbons (Fsp3) is 0.394. The number of ether oxygens (including phenoxy) is 2. The number of rotatable bonds is 9. The summed E-state index contributed by atoms with van der Waals surface area (Å²) in [4.78, 5) is 45.0. The van der Waals surface area contributed by atoms with Crippen LogP contribution in [0.1, 0.15) is 63.0 Å². The number of halogens is 4. The summed E-state index contributed by atoms with van der Waals surface area (Å²) in [5.41, 5.74) is 1.72. The largest absolute Gasteiger partial charge is 0.573 e. The van der Waals surface area contributed by atoms with E-state index >= 15 is 4.39 Å². The van der Waals surface area contributed by atoms with Crippen LogP contribution in [0, 0.1) is 0 Å². The smallest absolute Gasteiger partial charge is 0.490 e. The molecule has 0 saturated carbocycles. The van der Waals surface area contributed by atoms with Crippen LogP contribution >= 0.6 is 0 Å². The molecule has 1 N–H and O–H groups in total. The number of alkyl halides is 4. The molecule has 2 aromatic carbocycles. The molecule has 46 heavy (non-hydrogen) atoms. The SMILES string of the molecule is CC(=O)c1ccc(OC2CCN(C(=O)c3ccc(C(=O)NC4CCN(Cc5ccc(OC(F)(F)F)cc5)CC4F)cn3)CC2)cc1. The van der Waals surface area contributed by atoms with Crippen LogP contribution in [0.2, 0.25) is 0 Å². The lowest BCUT2D eigenvalue weighted by Crippen LogP contribution is -2.52. The minimum absolute atomic E-state index is 0.0153. The fourth-order valence-electron chi connectivity index (χ4n) is 5.53. The number of pyridine rings is 1. The molecule has 13 heteroatoms. The Hall–Kier alpha value is -4.52. The third kappa shape index (κ3) is 8.81. The summed E-state index contributed by atoms with van der Waals surface area (Å²) in [5.74, 6) is -0.424. The molecule has 2 amide bonds. The predicted octanol–water partition coefficient (Wildman–Crippen LogP) is 5.21. The second kappa shape index (κ2) is 14.3. The van der Waals surface area contributed by atoms with Gasteiger partial charge in [-0.3, -0.25) is 24.3 Å². The Bertz CT molecular complexity index is 1510. The van der Waals surface area contributed by atoms with Crippen LogP contribution in [-0.4, -0.2) is 83.2 Å². The molecular weight excluding hydrogens is 608 g/mol. The zero-order valence-corrected chi connectivity index (χ0v) is 25.1. The first kappa shape index (κ1) is 32.9. The highest BCUT2D eigenvalue weighted by atomic mass is 19.4. The van der Waals surface area contributed by atoms with E-state index < -0.39 is 24.5 Å². The molecule has 2 fully saturated rings. The Morgan fingerprint density at radius 2 is 1.54 bits per heavy atom. The van der Waals surface area contributed by atoms with E-state index in [0.717, 1.165) is 0 Å². The molecule has 9 nitrogen and oxygen atoms in total. The normalized spacial score (nSPS) is 19.4. The second-order valence-corrected chi connectivity index (χ2v) is 11.4. The van der Waals surface area contributed by atoms with Crippen LogP contribution in [0.5, 0.6) is 11.5 Å². The summed E-state index contributed by atoms with van der Waals surface area (Å²) in [6, 6.07) is 14.7. The first-order valence-electron chi connectivity index (χ1n) is 15.0. The van der Waals surface area contributed by atoms with Crippen molar-refractivity contribution in [3.8, 4) is 11.5 Å². The molecule has 1 aromatic heterocycles. The second-order valence-electron chi connectivity index (χ2n) is 11.4. The van der Waals surface area contributed by atoms with Gasteiger partial charge < -0.3 is 19.7 Å². The number of nitrogens with one attached hydrogen (secondary N) is 1. The number of ketones is 1. The number of carbonyl (C=O) groups is 3. The number of nitrogens with zero attached hydrogens (tertiary/aromatic N) is 3. The zero-order chi connectivity index (χ0) is 32.8. The van der Waals surface area contributed by atoms with Gasteiger partial charge in [0.15, 0.2) is 5.78 Å². The molecule has 2 saturated heterocycles. The van der Waals surface area contributed by atoms with Gasteiger partial charge in [-0.25, -0.2) is 4.39 Å². The molecule has 0 aliphatic carbocycles. The van der Waals surface area contributed by atoms with E-state index in [1.54, 1.807) is 29.2 Å². The van der Waals surface area contributed by atoms with E-state index in [1.807, 2.05) is 4.90 Å². The lowest BCUT2D eigenvalue weighted by molar-refractivity contribution is -0.274. The van der Waals surface area contributed by atoms with Crippen molar-refractivity contribution in [1.29, 1.82) is 0 Å². The Morgan fingerprint density at radius 3 is 2.13 bits per heavy atom. The predicted molar refractivity (Wildman–Crippen MR) is 159 cm³/mol. The highest BCUT2D eigenvalue weighted by molar-refractivity contribution is 5.96. The molecule has 3 heterocycles. The number of benzene rings is 2. The number of hydrogen-bond donors (Lipinski definition) is 1. The van der Waals surface area contributed by atoms with E-state index in [9.17, 15) is 27.6 Å². The van der Waals surface area contributed by atoms with Gasteiger partial charge in [0.25, 0.3) is 11.8 Å². The van der Waals surface area contributed by atoms with Crippen LogP contribution in [0.15, 0.2) is 66.9 Å². The van der Waals surface area contributed by atoms with Gasteiger partial charge in [-0.2, -0.15) is 0 Å². The molecule has 0 radical (unpaired) electrons. The number of aromatic nitrogens is 1. The first-order valence-corrected chi connectivity index (χ1v) is 15.0. The van der Waals surface area contributed by atoms with Crippen LogP contribution in [0.4, 0.5) is 17.6 Å². The highest BCUT2D eigenvalue weighted by Crippen LogP contribution is 2.25. The molecular formula is C33H34F4N4O5. The summed E-state index contributed by atoms with van der Waals surface area (Å²) < 4.78 is 62.0. The number of amides is 2. The van der Waals surface area contributed by atoms with Gasteiger partial charge in [-0.15, -0.1) is 13.2 Å². The molecule has 0 spiro atoms. The van der Waals surface area contributed by atoms with E-state index in [2.05, 4.69) is 15.0 Å². The Balaban J connectivity index is 1.05. The van der Waals surface area contributed by atoms with Crippen molar-refractivity contribution < 1.29 is 41.4 Å². The summed E-state index contributed by atoms with van der Waals surface area (Å²) in [7, 11) is 0. The van der Waals surface area contributed by atoms with Crippen molar-refractivity contribution in [2.24, 2.45) is 0 Å². The summed E-state index contributed by atoms with van der Waals surface area (Å²) in [6.07, 6.45) is -3.28. The van der Waals surface area contributed by atoms with Gasteiger partial charge >= 0.3 is 6.36 Å². The van der Waals surface area contributed by atoms with Crippen LogP contribution in [0.3, 0.4) is 0 Å². The third-order valence-electron chi connectivity index (χ3n) is 8.04.